The highest BCUT2D eigenvalue weighted by Crippen LogP contribution is 2.21. The van der Waals surface area contributed by atoms with Gasteiger partial charge in [-0.2, -0.15) is 0 Å². The zero-order valence-electron chi connectivity index (χ0n) is 9.92. The fraction of sp³-hybridized carbons (Fsp3) is 0.0833. The van der Waals surface area contributed by atoms with Crippen LogP contribution in [0.1, 0.15) is 10.4 Å². The van der Waals surface area contributed by atoms with Crippen molar-refractivity contribution in [3.8, 4) is 0 Å². The third-order valence-corrected chi connectivity index (χ3v) is 2.97. The number of thioether (sulfide) groups is 1. The molecule has 0 unspecified atom stereocenters. The van der Waals surface area contributed by atoms with Crippen molar-refractivity contribution in [2.45, 2.75) is 5.03 Å². The molecule has 0 fully saturated rings. The fourth-order valence-corrected chi connectivity index (χ4v) is 1.95. The summed E-state index contributed by atoms with van der Waals surface area (Å²) in [4.78, 5) is 11.1. The van der Waals surface area contributed by atoms with Crippen LogP contribution in [0.15, 0.2) is 35.4 Å². The van der Waals surface area contributed by atoms with Crippen LogP contribution in [0.5, 0.6) is 0 Å². The first-order valence-electron chi connectivity index (χ1n) is 5.28. The van der Waals surface area contributed by atoms with Crippen molar-refractivity contribution in [3.05, 3.63) is 41.7 Å². The van der Waals surface area contributed by atoms with Gasteiger partial charge in [0.1, 0.15) is 10.8 Å². The second kappa shape index (κ2) is 5.66. The molecule has 2 rings (SSSR count). The van der Waals surface area contributed by atoms with E-state index in [1.807, 2.05) is 0 Å². The van der Waals surface area contributed by atoms with E-state index in [0.29, 0.717) is 10.7 Å². The minimum absolute atomic E-state index is 0.0569. The molecule has 0 aliphatic heterocycles. The number of aromatic carboxylic acids is 1. The van der Waals surface area contributed by atoms with Crippen LogP contribution in [-0.4, -0.2) is 27.5 Å². The van der Waals surface area contributed by atoms with E-state index in [-0.39, 0.29) is 11.4 Å². The van der Waals surface area contributed by atoms with Gasteiger partial charge in [0, 0.05) is 5.69 Å². The third kappa shape index (κ3) is 3.19. The zero-order chi connectivity index (χ0) is 13.8. The topological polar surface area (TPSA) is 75.1 Å². The maximum atomic E-state index is 13.0. The Bertz CT molecular complexity index is 622. The largest absolute Gasteiger partial charge is 0.478 e. The van der Waals surface area contributed by atoms with E-state index in [1.54, 1.807) is 18.4 Å². The van der Waals surface area contributed by atoms with Crippen LogP contribution in [0.25, 0.3) is 0 Å². The molecule has 98 valence electrons. The van der Waals surface area contributed by atoms with Gasteiger partial charge in [-0.25, -0.2) is 9.18 Å². The molecule has 2 N–H and O–H groups in total. The van der Waals surface area contributed by atoms with Crippen LogP contribution in [0.2, 0.25) is 0 Å². The Labute approximate surface area is 112 Å². The lowest BCUT2D eigenvalue weighted by atomic mass is 10.3. The van der Waals surface area contributed by atoms with Crippen LogP contribution in [0, 0.1) is 5.82 Å². The summed E-state index contributed by atoms with van der Waals surface area (Å²) in [6.07, 6.45) is 1.72. The molecular weight excluding hydrogens is 269 g/mol. The van der Waals surface area contributed by atoms with Crippen molar-refractivity contribution >= 4 is 29.2 Å². The molecule has 1 aromatic heterocycles. The van der Waals surface area contributed by atoms with Crippen molar-refractivity contribution in [2.75, 3.05) is 11.6 Å². The Morgan fingerprint density at radius 3 is 2.79 bits per heavy atom. The highest BCUT2D eigenvalue weighted by molar-refractivity contribution is 7.98. The molecule has 0 saturated carbocycles. The molecule has 0 aliphatic rings. The van der Waals surface area contributed by atoms with Gasteiger partial charge in [-0.3, -0.25) is 0 Å². The second-order valence-corrected chi connectivity index (χ2v) is 4.39. The SMILES string of the molecule is CSc1nnc(Nc2cccc(F)c2)cc1C(=O)O. The third-order valence-electron chi connectivity index (χ3n) is 2.28. The first kappa shape index (κ1) is 13.3. The molecule has 0 atom stereocenters. The van der Waals surface area contributed by atoms with Crippen molar-refractivity contribution in [2.24, 2.45) is 0 Å². The van der Waals surface area contributed by atoms with E-state index in [2.05, 4.69) is 15.5 Å². The number of hydrogen-bond donors (Lipinski definition) is 2. The van der Waals surface area contributed by atoms with E-state index in [1.165, 1.54) is 30.0 Å². The summed E-state index contributed by atoms with van der Waals surface area (Å²) >= 11 is 1.20. The molecule has 5 nitrogen and oxygen atoms in total. The number of rotatable bonds is 4. The number of aromatic nitrogens is 2. The van der Waals surface area contributed by atoms with Gasteiger partial charge in [-0.05, 0) is 30.5 Å². The number of nitrogens with zero attached hydrogens (tertiary/aromatic N) is 2. The normalized spacial score (nSPS) is 10.2. The highest BCUT2D eigenvalue weighted by Gasteiger charge is 2.13. The predicted molar refractivity (Wildman–Crippen MR) is 70.5 cm³/mol. The minimum atomic E-state index is -1.08. The first-order chi connectivity index (χ1) is 9.10. The number of carboxylic acid groups (broad SMARTS) is 1. The molecule has 1 heterocycles. The van der Waals surface area contributed by atoms with E-state index >= 15 is 0 Å². The standard InChI is InChI=1S/C12H10FN3O2S/c1-19-11-9(12(17)18)6-10(15-16-11)14-8-4-2-3-7(13)5-8/h2-6H,1H3,(H,14,15)(H,17,18). The Morgan fingerprint density at radius 1 is 1.37 bits per heavy atom. The molecule has 0 saturated heterocycles. The first-order valence-corrected chi connectivity index (χ1v) is 6.50. The summed E-state index contributed by atoms with van der Waals surface area (Å²) in [6.45, 7) is 0. The van der Waals surface area contributed by atoms with Gasteiger partial charge in [0.25, 0.3) is 0 Å². The number of carboxylic acids is 1. The maximum Gasteiger partial charge on any atom is 0.338 e. The highest BCUT2D eigenvalue weighted by atomic mass is 32.2. The van der Waals surface area contributed by atoms with E-state index in [9.17, 15) is 9.18 Å². The Morgan fingerprint density at radius 2 is 2.16 bits per heavy atom. The van der Waals surface area contributed by atoms with Gasteiger partial charge < -0.3 is 10.4 Å². The lowest BCUT2D eigenvalue weighted by Gasteiger charge is -2.07. The molecule has 1 aromatic carbocycles. The summed E-state index contributed by atoms with van der Waals surface area (Å²) in [6, 6.07) is 7.15. The minimum Gasteiger partial charge on any atom is -0.478 e. The molecule has 0 spiro atoms. The molecule has 7 heteroatoms. The predicted octanol–water partition coefficient (Wildman–Crippen LogP) is 2.78. The molecular formula is C12H10FN3O2S. The van der Waals surface area contributed by atoms with Gasteiger partial charge in [-0.1, -0.05) is 6.07 Å². The number of carbonyl (C=O) groups is 1. The quantitative estimate of drug-likeness (QED) is 0.838. The average molecular weight is 279 g/mol. The van der Waals surface area contributed by atoms with Crippen molar-refractivity contribution in [1.29, 1.82) is 0 Å². The molecule has 0 radical (unpaired) electrons. The van der Waals surface area contributed by atoms with Gasteiger partial charge in [0.05, 0.1) is 5.56 Å². The number of nitrogens with one attached hydrogen (secondary N) is 1. The molecule has 0 aliphatic carbocycles. The van der Waals surface area contributed by atoms with Crippen molar-refractivity contribution < 1.29 is 14.3 Å². The Balaban J connectivity index is 2.31. The van der Waals surface area contributed by atoms with Crippen LogP contribution >= 0.6 is 11.8 Å². The number of halogens is 1. The van der Waals surface area contributed by atoms with Crippen LogP contribution in [0.3, 0.4) is 0 Å². The average Bonchev–Trinajstić information content (AvgIpc) is 2.38. The van der Waals surface area contributed by atoms with Crippen LogP contribution in [0.4, 0.5) is 15.9 Å². The lowest BCUT2D eigenvalue weighted by molar-refractivity contribution is 0.0692. The maximum absolute atomic E-state index is 13.0. The summed E-state index contributed by atoms with van der Waals surface area (Å²) in [5.41, 5.74) is 0.531. The van der Waals surface area contributed by atoms with Crippen molar-refractivity contribution in [1.82, 2.24) is 10.2 Å². The zero-order valence-corrected chi connectivity index (χ0v) is 10.7. The van der Waals surface area contributed by atoms with Crippen LogP contribution in [-0.2, 0) is 0 Å². The molecule has 0 amide bonds. The monoisotopic (exact) mass is 279 g/mol. The second-order valence-electron chi connectivity index (χ2n) is 3.59. The van der Waals surface area contributed by atoms with Gasteiger partial charge in [-0.15, -0.1) is 22.0 Å². The summed E-state index contributed by atoms with van der Waals surface area (Å²) < 4.78 is 13.0. The fourth-order valence-electron chi connectivity index (χ4n) is 1.46. The van der Waals surface area contributed by atoms with Gasteiger partial charge >= 0.3 is 5.97 Å². The van der Waals surface area contributed by atoms with E-state index < -0.39 is 11.8 Å². The van der Waals surface area contributed by atoms with Crippen molar-refractivity contribution in [3.63, 3.8) is 0 Å². The summed E-state index contributed by atoms with van der Waals surface area (Å²) in [5.74, 6) is -1.22. The Kier molecular flexibility index (Phi) is 3.96. The number of hydrogen-bond acceptors (Lipinski definition) is 5. The molecule has 19 heavy (non-hydrogen) atoms. The van der Waals surface area contributed by atoms with Gasteiger partial charge in [0.2, 0.25) is 0 Å². The molecule has 0 bridgehead atoms. The number of anilines is 2. The van der Waals surface area contributed by atoms with E-state index in [4.69, 9.17) is 5.11 Å². The summed E-state index contributed by atoms with van der Waals surface area (Å²) in [7, 11) is 0. The Hall–Kier alpha value is -2.15. The van der Waals surface area contributed by atoms with Crippen LogP contribution < -0.4 is 5.32 Å². The molecule has 2 aromatic rings. The lowest BCUT2D eigenvalue weighted by Crippen LogP contribution is -2.05. The summed E-state index contributed by atoms with van der Waals surface area (Å²) in [5, 5.41) is 19.9. The van der Waals surface area contributed by atoms with Gasteiger partial charge in [0.15, 0.2) is 5.82 Å². The van der Waals surface area contributed by atoms with E-state index in [0.717, 1.165) is 0 Å². The number of benzene rings is 1. The smallest absolute Gasteiger partial charge is 0.338 e.